The first kappa shape index (κ1) is 24.8. The van der Waals surface area contributed by atoms with Crippen molar-refractivity contribution in [2.45, 2.75) is 50.5 Å². The number of anilines is 2. The molecule has 1 aliphatic heterocycles. The van der Waals surface area contributed by atoms with Gasteiger partial charge in [-0.2, -0.15) is 0 Å². The van der Waals surface area contributed by atoms with Crippen LogP contribution in [0.25, 0.3) is 16.6 Å². The van der Waals surface area contributed by atoms with Gasteiger partial charge in [0.05, 0.1) is 23.4 Å². The fourth-order valence-electron chi connectivity index (χ4n) is 5.75. The van der Waals surface area contributed by atoms with Crippen LogP contribution in [0.5, 0.6) is 0 Å². The van der Waals surface area contributed by atoms with Crippen molar-refractivity contribution in [2.24, 2.45) is 0 Å². The van der Waals surface area contributed by atoms with Crippen molar-refractivity contribution in [2.75, 3.05) is 23.8 Å². The highest BCUT2D eigenvalue weighted by atomic mass is 16.2. The average molecular weight is 560 g/mol. The van der Waals surface area contributed by atoms with Gasteiger partial charge in [-0.1, -0.05) is 12.1 Å². The van der Waals surface area contributed by atoms with Crippen LogP contribution in [0.15, 0.2) is 55.0 Å². The lowest BCUT2D eigenvalue weighted by atomic mass is 10.1. The van der Waals surface area contributed by atoms with E-state index in [-0.39, 0.29) is 18.5 Å². The van der Waals surface area contributed by atoms with Crippen LogP contribution in [0.3, 0.4) is 0 Å². The molecule has 4 aromatic heterocycles. The van der Waals surface area contributed by atoms with Gasteiger partial charge in [0.1, 0.15) is 12.4 Å². The van der Waals surface area contributed by atoms with Crippen LogP contribution in [0, 0.1) is 6.92 Å². The van der Waals surface area contributed by atoms with Gasteiger partial charge in [0.2, 0.25) is 0 Å². The number of imidazole rings is 1. The van der Waals surface area contributed by atoms with E-state index < -0.39 is 0 Å². The normalized spacial score (nSPS) is 20.2. The number of aromatic nitrogens is 6. The minimum atomic E-state index is -0.378. The fourth-order valence-corrected chi connectivity index (χ4v) is 5.75. The number of nitrogens with zero attached hydrogens (tertiary/aromatic N) is 8. The summed E-state index contributed by atoms with van der Waals surface area (Å²) in [5.41, 5.74) is 6.23. The van der Waals surface area contributed by atoms with Crippen LogP contribution >= 0.6 is 0 Å². The predicted molar refractivity (Wildman–Crippen MR) is 156 cm³/mol. The molecule has 2 aliphatic carbocycles. The zero-order valence-corrected chi connectivity index (χ0v) is 23.4. The number of nitrogens with one attached hydrogen (secondary N) is 1. The van der Waals surface area contributed by atoms with Gasteiger partial charge < -0.3 is 9.72 Å². The molecule has 0 unspecified atom stereocenters. The second-order valence-corrected chi connectivity index (χ2v) is 11.6. The number of rotatable bonds is 7. The summed E-state index contributed by atoms with van der Waals surface area (Å²) < 4.78 is 1.93. The molecule has 3 amide bonds. The van der Waals surface area contributed by atoms with Crippen molar-refractivity contribution in [3.05, 3.63) is 83.6 Å². The number of hydrogen-bond acceptors (Lipinski definition) is 8. The van der Waals surface area contributed by atoms with Crippen molar-refractivity contribution < 1.29 is 9.59 Å². The molecule has 2 atom stereocenters. The van der Waals surface area contributed by atoms with E-state index in [1.807, 2.05) is 42.0 Å². The monoisotopic (exact) mass is 559 g/mol. The number of aryl methyl sites for hydroxylation is 1. The first-order valence-electron chi connectivity index (χ1n) is 14.3. The Morgan fingerprint density at radius 1 is 0.952 bits per heavy atom. The largest absolute Gasteiger partial charge is 0.379 e. The molecule has 5 aromatic rings. The Kier molecular flexibility index (Phi) is 5.50. The number of pyridine rings is 1. The van der Waals surface area contributed by atoms with Gasteiger partial charge in [0.25, 0.3) is 5.91 Å². The fraction of sp³-hybridized carbons (Fsp3) is 0.323. The molecule has 11 nitrogen and oxygen atoms in total. The van der Waals surface area contributed by atoms with Crippen molar-refractivity contribution in [1.82, 2.24) is 34.2 Å². The lowest BCUT2D eigenvalue weighted by Gasteiger charge is -2.15. The van der Waals surface area contributed by atoms with Crippen LogP contribution < -0.4 is 10.2 Å². The van der Waals surface area contributed by atoms with Crippen molar-refractivity contribution in [3.63, 3.8) is 0 Å². The molecular formula is C31H29N9O2. The number of urea groups is 1. The molecule has 0 spiro atoms. The molecule has 2 saturated carbocycles. The molecule has 3 aliphatic rings. The van der Waals surface area contributed by atoms with Crippen LogP contribution in [0.1, 0.15) is 65.6 Å². The van der Waals surface area contributed by atoms with Crippen LogP contribution in [0.4, 0.5) is 16.3 Å². The molecule has 210 valence electrons. The number of imide groups is 1. The maximum atomic E-state index is 12.8. The van der Waals surface area contributed by atoms with E-state index in [4.69, 9.17) is 15.0 Å². The summed E-state index contributed by atoms with van der Waals surface area (Å²) in [4.78, 5) is 51.3. The summed E-state index contributed by atoms with van der Waals surface area (Å²) >= 11 is 0. The van der Waals surface area contributed by atoms with Crippen LogP contribution in [-0.4, -0.2) is 59.8 Å². The highest BCUT2D eigenvalue weighted by Crippen LogP contribution is 2.53. The number of benzene rings is 1. The van der Waals surface area contributed by atoms with E-state index in [0.717, 1.165) is 69.4 Å². The Hall–Kier alpha value is -4.93. The van der Waals surface area contributed by atoms with Crippen molar-refractivity contribution in [1.29, 1.82) is 0 Å². The number of fused-ring (bicyclic) bond motifs is 2. The highest BCUT2D eigenvalue weighted by molar-refractivity contribution is 6.12. The third-order valence-corrected chi connectivity index (χ3v) is 8.43. The van der Waals surface area contributed by atoms with Gasteiger partial charge in [0.15, 0.2) is 11.5 Å². The number of carbonyl (C=O) groups is 2. The highest BCUT2D eigenvalue weighted by Gasteiger charge is 2.43. The smallest absolute Gasteiger partial charge is 0.332 e. The average Bonchev–Trinajstić information content (AvgIpc) is 3.92. The summed E-state index contributed by atoms with van der Waals surface area (Å²) in [6, 6.07) is 12.0. The Labute approximate surface area is 241 Å². The molecule has 0 bridgehead atoms. The second kappa shape index (κ2) is 9.30. The Morgan fingerprint density at radius 3 is 2.60 bits per heavy atom. The van der Waals surface area contributed by atoms with E-state index >= 15 is 0 Å². The van der Waals surface area contributed by atoms with Crippen molar-refractivity contribution >= 4 is 40.0 Å². The number of hydrogen-bond donors (Lipinski definition) is 1. The van der Waals surface area contributed by atoms with E-state index in [1.165, 1.54) is 11.9 Å². The van der Waals surface area contributed by atoms with Gasteiger partial charge >= 0.3 is 6.03 Å². The minimum absolute atomic E-state index is 0.0295. The topological polar surface area (TPSA) is 122 Å². The molecule has 8 rings (SSSR count). The van der Waals surface area contributed by atoms with Gasteiger partial charge in [0, 0.05) is 65.9 Å². The molecule has 1 aromatic carbocycles. The van der Waals surface area contributed by atoms with E-state index in [0.29, 0.717) is 35.8 Å². The third-order valence-electron chi connectivity index (χ3n) is 8.43. The van der Waals surface area contributed by atoms with E-state index in [2.05, 4.69) is 39.6 Å². The maximum absolute atomic E-state index is 12.8. The third kappa shape index (κ3) is 4.32. The summed E-state index contributed by atoms with van der Waals surface area (Å²) in [7, 11) is 1.50. The van der Waals surface area contributed by atoms with Gasteiger partial charge in [-0.05, 0) is 50.5 Å². The number of likely N-dealkylation sites (N-methyl/N-ethyl adjacent to an activating group) is 1. The Bertz CT molecular complexity index is 1910. The standard InChI is InChI=1S/C31H29N9O2/c1-17-9-10-32-28(34-17)23-12-22(23)24-8-6-18-5-7-20(11-25(18)36-24)33-13-21-14-39-15-26(19-3-4-19)37-30(29(39)35-21)40-16-27(41)38(2)31(40)42/h5-11,14-15,19,22-23,33H,3-4,12-13,16H2,1-2H3/t22-,23-/m0/s1. The van der Waals surface area contributed by atoms with Crippen molar-refractivity contribution in [3.8, 4) is 0 Å². The molecule has 3 fully saturated rings. The number of amides is 3. The zero-order valence-electron chi connectivity index (χ0n) is 23.4. The summed E-state index contributed by atoms with van der Waals surface area (Å²) in [5.74, 6) is 2.13. The summed E-state index contributed by atoms with van der Waals surface area (Å²) in [5, 5.41) is 4.56. The molecule has 42 heavy (non-hydrogen) atoms. The second-order valence-electron chi connectivity index (χ2n) is 11.6. The SMILES string of the molecule is Cc1ccnc([C@H]2C[C@@H]2c2ccc3ccc(NCc4cn5cc(C6CC6)nc(N6CC(=O)N(C)C6=O)c5n4)cc3n2)n1. The Balaban J connectivity index is 1.04. The van der Waals surface area contributed by atoms with E-state index in [9.17, 15) is 9.59 Å². The molecule has 1 N–H and O–H groups in total. The minimum Gasteiger partial charge on any atom is -0.379 e. The first-order chi connectivity index (χ1) is 20.4. The Morgan fingerprint density at radius 2 is 1.81 bits per heavy atom. The van der Waals surface area contributed by atoms with E-state index in [1.54, 1.807) is 0 Å². The van der Waals surface area contributed by atoms with Crippen LogP contribution in [0.2, 0.25) is 0 Å². The predicted octanol–water partition coefficient (Wildman–Crippen LogP) is 4.53. The lowest BCUT2D eigenvalue weighted by molar-refractivity contribution is -0.123. The van der Waals surface area contributed by atoms with Gasteiger partial charge in [-0.15, -0.1) is 0 Å². The molecule has 0 radical (unpaired) electrons. The van der Waals surface area contributed by atoms with Gasteiger partial charge in [-0.3, -0.25) is 19.6 Å². The number of carbonyl (C=O) groups excluding carboxylic acids is 2. The lowest BCUT2D eigenvalue weighted by Crippen LogP contribution is -2.31. The molecule has 1 saturated heterocycles. The maximum Gasteiger partial charge on any atom is 0.332 e. The molecule has 11 heteroatoms. The zero-order chi connectivity index (χ0) is 28.5. The molecular weight excluding hydrogens is 530 g/mol. The summed E-state index contributed by atoms with van der Waals surface area (Å²) in [6.07, 6.45) is 8.95. The summed E-state index contributed by atoms with van der Waals surface area (Å²) in [6.45, 7) is 2.44. The van der Waals surface area contributed by atoms with Crippen LogP contribution in [-0.2, 0) is 11.3 Å². The van der Waals surface area contributed by atoms with Gasteiger partial charge in [-0.25, -0.2) is 24.7 Å². The first-order valence-corrected chi connectivity index (χ1v) is 14.3. The molecule has 5 heterocycles. The quantitative estimate of drug-likeness (QED) is 0.289.